The smallest absolute Gasteiger partial charge is 0.142 e. The standard InChI is InChI=1S/C9H5ClFNOS/c10-7-2-1-6(3-8(7)11)9(4-13)14-5-12/h1-4,9H. The molecule has 0 heterocycles. The van der Waals surface area contributed by atoms with Crippen molar-refractivity contribution in [3.8, 4) is 5.40 Å². The van der Waals surface area contributed by atoms with Crippen LogP contribution >= 0.6 is 23.4 Å². The molecule has 0 aliphatic rings. The van der Waals surface area contributed by atoms with Crippen LogP contribution < -0.4 is 0 Å². The lowest BCUT2D eigenvalue weighted by molar-refractivity contribution is -0.107. The molecule has 0 fully saturated rings. The van der Waals surface area contributed by atoms with E-state index in [4.69, 9.17) is 16.9 Å². The van der Waals surface area contributed by atoms with Gasteiger partial charge in [-0.1, -0.05) is 17.7 Å². The largest absolute Gasteiger partial charge is 0.302 e. The Labute approximate surface area is 89.7 Å². The second-order valence-electron chi connectivity index (χ2n) is 2.44. The summed E-state index contributed by atoms with van der Waals surface area (Å²) >= 11 is 6.24. The predicted molar refractivity (Wildman–Crippen MR) is 53.4 cm³/mol. The molecular weight excluding hydrogens is 225 g/mol. The lowest BCUT2D eigenvalue weighted by Gasteiger charge is -2.05. The molecule has 14 heavy (non-hydrogen) atoms. The van der Waals surface area contributed by atoms with E-state index >= 15 is 0 Å². The molecule has 1 aromatic rings. The summed E-state index contributed by atoms with van der Waals surface area (Å²) in [6.45, 7) is 0. The van der Waals surface area contributed by atoms with Crippen LogP contribution in [-0.4, -0.2) is 6.29 Å². The second-order valence-corrected chi connectivity index (χ2v) is 3.77. The van der Waals surface area contributed by atoms with Crippen LogP contribution in [0.25, 0.3) is 0 Å². The lowest BCUT2D eigenvalue weighted by Crippen LogP contribution is -1.95. The minimum atomic E-state index is -0.660. The van der Waals surface area contributed by atoms with Gasteiger partial charge in [0.25, 0.3) is 0 Å². The molecular formula is C9H5ClFNOS. The second kappa shape index (κ2) is 4.99. The molecule has 0 spiro atoms. The van der Waals surface area contributed by atoms with Crippen molar-refractivity contribution < 1.29 is 9.18 Å². The van der Waals surface area contributed by atoms with Crippen molar-refractivity contribution in [2.75, 3.05) is 0 Å². The number of benzene rings is 1. The van der Waals surface area contributed by atoms with Gasteiger partial charge in [0.15, 0.2) is 0 Å². The molecule has 0 saturated carbocycles. The van der Waals surface area contributed by atoms with E-state index in [0.717, 1.165) is 17.8 Å². The Morgan fingerprint density at radius 1 is 1.64 bits per heavy atom. The van der Waals surface area contributed by atoms with Crippen LogP contribution in [0.3, 0.4) is 0 Å². The van der Waals surface area contributed by atoms with Crippen molar-refractivity contribution in [3.05, 3.63) is 34.6 Å². The number of hydrogen-bond donors (Lipinski definition) is 0. The maximum absolute atomic E-state index is 13.0. The number of nitriles is 1. The van der Waals surface area contributed by atoms with E-state index in [2.05, 4.69) is 0 Å². The molecule has 1 aromatic carbocycles. The van der Waals surface area contributed by atoms with Crippen LogP contribution in [0.2, 0.25) is 5.02 Å². The quantitative estimate of drug-likeness (QED) is 0.591. The van der Waals surface area contributed by atoms with Crippen LogP contribution in [-0.2, 0) is 4.79 Å². The zero-order valence-corrected chi connectivity index (χ0v) is 8.48. The molecule has 0 radical (unpaired) electrons. The van der Waals surface area contributed by atoms with Gasteiger partial charge in [0.2, 0.25) is 0 Å². The van der Waals surface area contributed by atoms with Gasteiger partial charge >= 0.3 is 0 Å². The zero-order chi connectivity index (χ0) is 10.6. The highest BCUT2D eigenvalue weighted by Crippen LogP contribution is 2.28. The van der Waals surface area contributed by atoms with Crippen LogP contribution in [0.5, 0.6) is 0 Å². The zero-order valence-electron chi connectivity index (χ0n) is 6.91. The van der Waals surface area contributed by atoms with Gasteiger partial charge in [-0.15, -0.1) is 0 Å². The minimum Gasteiger partial charge on any atom is -0.302 e. The maximum Gasteiger partial charge on any atom is 0.142 e. The van der Waals surface area contributed by atoms with E-state index in [0.29, 0.717) is 11.8 Å². The first-order valence-corrected chi connectivity index (χ1v) is 4.89. The third kappa shape index (κ3) is 2.47. The average Bonchev–Trinajstić information content (AvgIpc) is 2.19. The van der Waals surface area contributed by atoms with Gasteiger partial charge in [-0.05, 0) is 29.5 Å². The Morgan fingerprint density at radius 2 is 2.36 bits per heavy atom. The third-order valence-electron chi connectivity index (χ3n) is 1.58. The summed E-state index contributed by atoms with van der Waals surface area (Å²) in [6, 6.07) is 4.04. The Morgan fingerprint density at radius 3 is 2.86 bits per heavy atom. The van der Waals surface area contributed by atoms with Crippen LogP contribution in [0.4, 0.5) is 4.39 Å². The Hall–Kier alpha value is -1.05. The summed E-state index contributed by atoms with van der Waals surface area (Å²) in [5.74, 6) is -0.588. The highest BCUT2D eigenvalue weighted by molar-refractivity contribution is 8.04. The summed E-state index contributed by atoms with van der Waals surface area (Å²) in [4.78, 5) is 10.6. The summed E-state index contributed by atoms with van der Waals surface area (Å²) < 4.78 is 13.0. The first kappa shape index (κ1) is 11.0. The molecule has 0 aromatic heterocycles. The van der Waals surface area contributed by atoms with Gasteiger partial charge in [0, 0.05) is 0 Å². The fraction of sp³-hybridized carbons (Fsp3) is 0.111. The van der Waals surface area contributed by atoms with Crippen LogP contribution in [0.15, 0.2) is 18.2 Å². The number of aldehydes is 1. The van der Waals surface area contributed by atoms with Gasteiger partial charge in [0.05, 0.1) is 10.3 Å². The van der Waals surface area contributed by atoms with Gasteiger partial charge in [-0.2, -0.15) is 5.26 Å². The number of hydrogen-bond acceptors (Lipinski definition) is 3. The normalized spacial score (nSPS) is 11.8. The first-order valence-electron chi connectivity index (χ1n) is 3.64. The number of halogens is 2. The van der Waals surface area contributed by atoms with E-state index < -0.39 is 11.1 Å². The molecule has 2 nitrogen and oxygen atoms in total. The number of thiocyanates is 1. The van der Waals surface area contributed by atoms with E-state index in [-0.39, 0.29) is 5.02 Å². The van der Waals surface area contributed by atoms with E-state index in [9.17, 15) is 9.18 Å². The highest BCUT2D eigenvalue weighted by atomic mass is 35.5. The van der Waals surface area contributed by atoms with Gasteiger partial charge in [-0.3, -0.25) is 0 Å². The van der Waals surface area contributed by atoms with Crippen molar-refractivity contribution in [1.82, 2.24) is 0 Å². The minimum absolute atomic E-state index is 0.000330. The molecule has 0 amide bonds. The van der Waals surface area contributed by atoms with Gasteiger partial charge in [0.1, 0.15) is 17.5 Å². The number of carbonyl (C=O) groups is 1. The summed E-state index contributed by atoms with van der Waals surface area (Å²) in [7, 11) is 0. The average molecular weight is 230 g/mol. The van der Waals surface area contributed by atoms with Crippen molar-refractivity contribution in [2.45, 2.75) is 5.25 Å². The number of nitrogens with zero attached hydrogens (tertiary/aromatic N) is 1. The molecule has 0 aliphatic heterocycles. The molecule has 5 heteroatoms. The van der Waals surface area contributed by atoms with Crippen molar-refractivity contribution in [1.29, 1.82) is 5.26 Å². The number of rotatable bonds is 3. The Bertz CT molecular complexity index is 391. The van der Waals surface area contributed by atoms with E-state index in [1.54, 1.807) is 5.40 Å². The topological polar surface area (TPSA) is 40.9 Å². The maximum atomic E-state index is 13.0. The molecule has 0 aliphatic carbocycles. The first-order chi connectivity index (χ1) is 6.69. The number of thioether (sulfide) groups is 1. The summed E-state index contributed by atoms with van der Waals surface area (Å²) in [5.41, 5.74) is 0.438. The Balaban J connectivity index is 3.00. The van der Waals surface area contributed by atoms with Crippen LogP contribution in [0.1, 0.15) is 10.8 Å². The molecule has 0 N–H and O–H groups in total. The predicted octanol–water partition coefficient (Wildman–Crippen LogP) is 2.93. The fourth-order valence-electron chi connectivity index (χ4n) is 0.921. The highest BCUT2D eigenvalue weighted by Gasteiger charge is 2.12. The molecule has 72 valence electrons. The van der Waals surface area contributed by atoms with Crippen LogP contribution in [0, 0.1) is 16.5 Å². The summed E-state index contributed by atoms with van der Waals surface area (Å²) in [6.07, 6.45) is 0.594. The van der Waals surface area contributed by atoms with Gasteiger partial charge < -0.3 is 4.79 Å². The van der Waals surface area contributed by atoms with E-state index in [1.807, 2.05) is 0 Å². The summed E-state index contributed by atoms with van der Waals surface area (Å²) in [5, 5.41) is 9.51. The van der Waals surface area contributed by atoms with Crippen molar-refractivity contribution in [3.63, 3.8) is 0 Å². The van der Waals surface area contributed by atoms with Crippen molar-refractivity contribution >= 4 is 29.6 Å². The third-order valence-corrected chi connectivity index (χ3v) is 2.62. The molecule has 1 atom stereocenters. The number of carbonyl (C=O) groups excluding carboxylic acids is 1. The lowest BCUT2D eigenvalue weighted by atomic mass is 10.1. The Kier molecular flexibility index (Phi) is 3.93. The van der Waals surface area contributed by atoms with Gasteiger partial charge in [-0.25, -0.2) is 4.39 Å². The molecule has 1 rings (SSSR count). The monoisotopic (exact) mass is 229 g/mol. The van der Waals surface area contributed by atoms with E-state index in [1.165, 1.54) is 12.1 Å². The van der Waals surface area contributed by atoms with Crippen molar-refractivity contribution in [2.24, 2.45) is 0 Å². The molecule has 0 saturated heterocycles. The SMILES string of the molecule is N#CSC(C=O)c1ccc(Cl)c(F)c1. The fourth-order valence-corrected chi connectivity index (χ4v) is 1.49. The molecule has 0 bridgehead atoms. The molecule has 1 unspecified atom stereocenters.